The zero-order valence-electron chi connectivity index (χ0n) is 17.9. The summed E-state index contributed by atoms with van der Waals surface area (Å²) in [6.07, 6.45) is 0. The standard InChI is InChI=1S/C24H21FN4O2S2/c1-24(2,22(31)28-23-29-27-13-33-23)20(15-5-3-6-16(25)11-15)17-9-8-14(12-18(17)21(26)30)19-7-4-10-32-19/h3-13,20H,1-2H3,(H2,26,30)(H,28,29,31)/t20-/m1/s1. The quantitative estimate of drug-likeness (QED) is 0.375. The molecule has 0 spiro atoms. The molecule has 0 fully saturated rings. The number of aromatic nitrogens is 2. The molecular weight excluding hydrogens is 459 g/mol. The van der Waals surface area contributed by atoms with Crippen LogP contribution in [0.15, 0.2) is 65.5 Å². The summed E-state index contributed by atoms with van der Waals surface area (Å²) in [4.78, 5) is 26.9. The van der Waals surface area contributed by atoms with E-state index in [0.717, 1.165) is 10.4 Å². The molecule has 0 aliphatic rings. The van der Waals surface area contributed by atoms with E-state index < -0.39 is 23.1 Å². The molecule has 0 saturated heterocycles. The van der Waals surface area contributed by atoms with Crippen LogP contribution in [0, 0.1) is 11.2 Å². The average Bonchev–Trinajstić information content (AvgIpc) is 3.48. The number of benzene rings is 2. The normalized spacial score (nSPS) is 12.3. The van der Waals surface area contributed by atoms with Gasteiger partial charge in [0.15, 0.2) is 0 Å². The van der Waals surface area contributed by atoms with Crippen molar-refractivity contribution in [2.75, 3.05) is 5.32 Å². The Hall–Kier alpha value is -3.43. The zero-order valence-corrected chi connectivity index (χ0v) is 19.5. The number of primary amides is 1. The monoisotopic (exact) mass is 480 g/mol. The van der Waals surface area contributed by atoms with Crippen LogP contribution in [0.4, 0.5) is 9.52 Å². The maximum atomic E-state index is 14.2. The van der Waals surface area contributed by atoms with Gasteiger partial charge < -0.3 is 11.1 Å². The van der Waals surface area contributed by atoms with Gasteiger partial charge in [-0.05, 0) is 46.3 Å². The lowest BCUT2D eigenvalue weighted by atomic mass is 9.69. The highest BCUT2D eigenvalue weighted by Crippen LogP contribution is 2.44. The van der Waals surface area contributed by atoms with E-state index in [1.807, 2.05) is 23.6 Å². The molecule has 168 valence electrons. The van der Waals surface area contributed by atoms with E-state index in [9.17, 15) is 14.0 Å². The van der Waals surface area contributed by atoms with Crippen molar-refractivity contribution >= 4 is 39.6 Å². The number of nitrogens with two attached hydrogens (primary N) is 1. The lowest BCUT2D eigenvalue weighted by Gasteiger charge is -2.34. The van der Waals surface area contributed by atoms with Gasteiger partial charge in [0.05, 0.1) is 5.41 Å². The number of halogens is 1. The number of hydrogen-bond acceptors (Lipinski definition) is 6. The van der Waals surface area contributed by atoms with Crippen LogP contribution in [0.2, 0.25) is 0 Å². The summed E-state index contributed by atoms with van der Waals surface area (Å²) in [6.45, 7) is 3.49. The van der Waals surface area contributed by atoms with Crippen molar-refractivity contribution in [3.8, 4) is 10.4 Å². The van der Waals surface area contributed by atoms with E-state index in [2.05, 4.69) is 15.5 Å². The minimum absolute atomic E-state index is 0.284. The highest BCUT2D eigenvalue weighted by atomic mass is 32.1. The first kappa shape index (κ1) is 22.8. The third-order valence-electron chi connectivity index (χ3n) is 5.50. The topological polar surface area (TPSA) is 98.0 Å². The molecule has 0 aliphatic carbocycles. The smallest absolute Gasteiger partial charge is 0.249 e. The van der Waals surface area contributed by atoms with Crippen molar-refractivity contribution in [1.82, 2.24) is 10.2 Å². The van der Waals surface area contributed by atoms with Gasteiger partial charge in [0.1, 0.15) is 11.3 Å². The molecule has 0 radical (unpaired) electrons. The molecule has 33 heavy (non-hydrogen) atoms. The molecule has 2 heterocycles. The Kier molecular flexibility index (Phi) is 6.35. The molecular formula is C24H21FN4O2S2. The molecule has 0 bridgehead atoms. The van der Waals surface area contributed by atoms with Gasteiger partial charge >= 0.3 is 0 Å². The van der Waals surface area contributed by atoms with Gasteiger partial charge in [0.25, 0.3) is 0 Å². The molecule has 9 heteroatoms. The SMILES string of the molecule is CC(C)(C(=O)Nc1nncs1)[C@H](c1cccc(F)c1)c1ccc(-c2cccs2)cc1C(N)=O. The number of nitrogens with one attached hydrogen (secondary N) is 1. The first-order valence-electron chi connectivity index (χ1n) is 10.1. The van der Waals surface area contributed by atoms with E-state index in [1.165, 1.54) is 29.0 Å². The van der Waals surface area contributed by atoms with Crippen LogP contribution in [-0.4, -0.2) is 22.0 Å². The van der Waals surface area contributed by atoms with Crippen molar-refractivity contribution in [3.05, 3.63) is 88.0 Å². The van der Waals surface area contributed by atoms with Crippen LogP contribution in [0.3, 0.4) is 0 Å². The lowest BCUT2D eigenvalue weighted by molar-refractivity contribution is -0.124. The number of carbonyl (C=O) groups excluding carboxylic acids is 2. The second kappa shape index (κ2) is 9.21. The van der Waals surface area contributed by atoms with E-state index in [1.54, 1.807) is 49.4 Å². The summed E-state index contributed by atoms with van der Waals surface area (Å²) in [5, 5.41) is 12.7. The number of hydrogen-bond donors (Lipinski definition) is 2. The number of nitrogens with zero attached hydrogens (tertiary/aromatic N) is 2. The van der Waals surface area contributed by atoms with Crippen LogP contribution in [0.25, 0.3) is 10.4 Å². The number of amides is 2. The fraction of sp³-hybridized carbons (Fsp3) is 0.167. The Bertz CT molecular complexity index is 1290. The van der Waals surface area contributed by atoms with Crippen LogP contribution in [0.5, 0.6) is 0 Å². The van der Waals surface area contributed by atoms with Crippen molar-refractivity contribution in [1.29, 1.82) is 0 Å². The first-order valence-corrected chi connectivity index (χ1v) is 11.8. The molecule has 1 atom stereocenters. The van der Waals surface area contributed by atoms with Gasteiger partial charge in [0.2, 0.25) is 16.9 Å². The first-order chi connectivity index (χ1) is 15.8. The number of carbonyl (C=O) groups is 2. The predicted octanol–water partition coefficient (Wildman–Crippen LogP) is 5.30. The summed E-state index contributed by atoms with van der Waals surface area (Å²) >= 11 is 2.74. The summed E-state index contributed by atoms with van der Waals surface area (Å²) < 4.78 is 14.2. The van der Waals surface area contributed by atoms with E-state index >= 15 is 0 Å². The zero-order chi connectivity index (χ0) is 23.6. The Labute approximate surface area is 198 Å². The summed E-state index contributed by atoms with van der Waals surface area (Å²) in [7, 11) is 0. The number of rotatable bonds is 7. The third-order valence-corrected chi connectivity index (χ3v) is 7.03. The Morgan fingerprint density at radius 3 is 2.55 bits per heavy atom. The Morgan fingerprint density at radius 1 is 1.09 bits per heavy atom. The van der Waals surface area contributed by atoms with Gasteiger partial charge in [-0.2, -0.15) is 0 Å². The predicted molar refractivity (Wildman–Crippen MR) is 129 cm³/mol. The summed E-state index contributed by atoms with van der Waals surface area (Å²) in [5.74, 6) is -2.06. The second-order valence-electron chi connectivity index (χ2n) is 8.05. The molecule has 4 rings (SSSR count). The molecule has 6 nitrogen and oxygen atoms in total. The molecule has 0 saturated carbocycles. The largest absolute Gasteiger partial charge is 0.366 e. The van der Waals surface area contributed by atoms with Crippen LogP contribution in [-0.2, 0) is 4.79 Å². The van der Waals surface area contributed by atoms with Gasteiger partial charge in [-0.25, -0.2) is 4.39 Å². The third kappa shape index (κ3) is 4.69. The minimum atomic E-state index is -1.10. The van der Waals surface area contributed by atoms with Crippen LogP contribution >= 0.6 is 22.7 Å². The second-order valence-corrected chi connectivity index (χ2v) is 9.83. The minimum Gasteiger partial charge on any atom is -0.366 e. The van der Waals surface area contributed by atoms with E-state index in [-0.39, 0.29) is 11.5 Å². The lowest BCUT2D eigenvalue weighted by Crippen LogP contribution is -2.38. The van der Waals surface area contributed by atoms with Crippen LogP contribution in [0.1, 0.15) is 41.3 Å². The van der Waals surface area contributed by atoms with Gasteiger partial charge in [0, 0.05) is 16.4 Å². The summed E-state index contributed by atoms with van der Waals surface area (Å²) in [6, 6.07) is 15.3. The maximum Gasteiger partial charge on any atom is 0.249 e. The number of thiophene rings is 1. The van der Waals surface area contributed by atoms with Gasteiger partial charge in [-0.3, -0.25) is 9.59 Å². The van der Waals surface area contributed by atoms with Crippen molar-refractivity contribution in [2.45, 2.75) is 19.8 Å². The Morgan fingerprint density at radius 2 is 1.91 bits per heavy atom. The molecule has 0 unspecified atom stereocenters. The fourth-order valence-electron chi connectivity index (χ4n) is 3.91. The van der Waals surface area contributed by atoms with E-state index in [4.69, 9.17) is 5.73 Å². The Balaban J connectivity index is 1.86. The molecule has 2 amide bonds. The molecule has 4 aromatic rings. The van der Waals surface area contributed by atoms with Gasteiger partial charge in [-0.15, -0.1) is 21.5 Å². The van der Waals surface area contributed by atoms with E-state index in [0.29, 0.717) is 16.3 Å². The highest BCUT2D eigenvalue weighted by Gasteiger charge is 2.41. The fourth-order valence-corrected chi connectivity index (χ4v) is 5.07. The van der Waals surface area contributed by atoms with Crippen molar-refractivity contribution in [2.24, 2.45) is 11.1 Å². The molecule has 2 aromatic carbocycles. The average molecular weight is 481 g/mol. The molecule has 0 aliphatic heterocycles. The van der Waals surface area contributed by atoms with Gasteiger partial charge in [-0.1, -0.05) is 55.5 Å². The summed E-state index contributed by atoms with van der Waals surface area (Å²) in [5.41, 5.74) is 8.43. The van der Waals surface area contributed by atoms with Crippen molar-refractivity contribution < 1.29 is 14.0 Å². The molecule has 2 aromatic heterocycles. The molecule has 3 N–H and O–H groups in total. The van der Waals surface area contributed by atoms with Crippen molar-refractivity contribution in [3.63, 3.8) is 0 Å². The highest BCUT2D eigenvalue weighted by molar-refractivity contribution is 7.13. The maximum absolute atomic E-state index is 14.2. The van der Waals surface area contributed by atoms with Crippen LogP contribution < -0.4 is 11.1 Å². The number of anilines is 1.